The Labute approximate surface area is 97.0 Å². The van der Waals surface area contributed by atoms with E-state index in [1.54, 1.807) is 7.11 Å². The van der Waals surface area contributed by atoms with Gasteiger partial charge in [-0.25, -0.2) is 0 Å². The van der Waals surface area contributed by atoms with Gasteiger partial charge in [0.05, 0.1) is 19.8 Å². The second-order valence-corrected chi connectivity index (χ2v) is 4.13. The standard InChI is InChI=1S/C13H19NO2/c1-3-14-8-13(9-14)16-10-11-4-6-12(15-2)7-5-11/h4-7,13H,3,8-10H2,1-2H3. The number of rotatable bonds is 5. The molecule has 3 nitrogen and oxygen atoms in total. The van der Waals surface area contributed by atoms with Gasteiger partial charge in [-0.15, -0.1) is 0 Å². The highest BCUT2D eigenvalue weighted by Crippen LogP contribution is 2.15. The molecule has 1 aliphatic rings. The van der Waals surface area contributed by atoms with Crippen LogP contribution in [-0.2, 0) is 11.3 Å². The Balaban J connectivity index is 1.73. The topological polar surface area (TPSA) is 21.7 Å². The van der Waals surface area contributed by atoms with E-state index < -0.39 is 0 Å². The number of likely N-dealkylation sites (tertiary alicyclic amines) is 1. The fraction of sp³-hybridized carbons (Fsp3) is 0.538. The zero-order chi connectivity index (χ0) is 11.4. The molecule has 3 heteroatoms. The molecule has 1 aromatic rings. The molecule has 1 saturated heterocycles. The second kappa shape index (κ2) is 5.32. The third-order valence-corrected chi connectivity index (χ3v) is 3.02. The van der Waals surface area contributed by atoms with E-state index in [2.05, 4.69) is 24.0 Å². The highest BCUT2D eigenvalue weighted by molar-refractivity contribution is 5.26. The minimum Gasteiger partial charge on any atom is -0.497 e. The van der Waals surface area contributed by atoms with Crippen LogP contribution in [0.4, 0.5) is 0 Å². The Morgan fingerprint density at radius 3 is 2.50 bits per heavy atom. The normalized spacial score (nSPS) is 17.1. The van der Waals surface area contributed by atoms with Gasteiger partial charge in [0.2, 0.25) is 0 Å². The second-order valence-electron chi connectivity index (χ2n) is 4.13. The SMILES string of the molecule is CCN1CC(OCc2ccc(OC)cc2)C1. The molecular weight excluding hydrogens is 202 g/mol. The lowest BCUT2D eigenvalue weighted by atomic mass is 10.1. The lowest BCUT2D eigenvalue weighted by Crippen LogP contribution is -2.51. The summed E-state index contributed by atoms with van der Waals surface area (Å²) in [6.45, 7) is 6.16. The largest absolute Gasteiger partial charge is 0.497 e. The minimum absolute atomic E-state index is 0.419. The Morgan fingerprint density at radius 1 is 1.25 bits per heavy atom. The number of benzene rings is 1. The number of ether oxygens (including phenoxy) is 2. The zero-order valence-corrected chi connectivity index (χ0v) is 9.98. The fourth-order valence-corrected chi connectivity index (χ4v) is 1.82. The predicted molar refractivity (Wildman–Crippen MR) is 63.7 cm³/mol. The van der Waals surface area contributed by atoms with Crippen LogP contribution in [0.25, 0.3) is 0 Å². The molecule has 1 aliphatic heterocycles. The molecule has 1 aromatic carbocycles. The van der Waals surface area contributed by atoms with E-state index in [0.717, 1.165) is 25.4 Å². The van der Waals surface area contributed by atoms with E-state index in [4.69, 9.17) is 9.47 Å². The summed E-state index contributed by atoms with van der Waals surface area (Å²) >= 11 is 0. The van der Waals surface area contributed by atoms with Crippen LogP contribution in [0.2, 0.25) is 0 Å². The molecule has 0 saturated carbocycles. The molecule has 2 rings (SSSR count). The quantitative estimate of drug-likeness (QED) is 0.758. The Morgan fingerprint density at radius 2 is 1.94 bits per heavy atom. The van der Waals surface area contributed by atoms with Gasteiger partial charge >= 0.3 is 0 Å². The summed E-state index contributed by atoms with van der Waals surface area (Å²) in [6, 6.07) is 8.04. The first kappa shape index (κ1) is 11.4. The van der Waals surface area contributed by atoms with Crippen LogP contribution < -0.4 is 4.74 Å². The maximum absolute atomic E-state index is 5.79. The maximum Gasteiger partial charge on any atom is 0.118 e. The minimum atomic E-state index is 0.419. The Kier molecular flexibility index (Phi) is 3.80. The molecule has 16 heavy (non-hydrogen) atoms. The summed E-state index contributed by atoms with van der Waals surface area (Å²) in [5, 5.41) is 0. The molecule has 0 N–H and O–H groups in total. The number of nitrogens with zero attached hydrogens (tertiary/aromatic N) is 1. The summed E-state index contributed by atoms with van der Waals surface area (Å²) in [5.41, 5.74) is 1.20. The van der Waals surface area contributed by atoms with Crippen LogP contribution in [0.15, 0.2) is 24.3 Å². The molecule has 0 aromatic heterocycles. The first-order chi connectivity index (χ1) is 7.81. The van der Waals surface area contributed by atoms with Crippen LogP contribution in [0, 0.1) is 0 Å². The lowest BCUT2D eigenvalue weighted by Gasteiger charge is -2.38. The Bertz CT molecular complexity index is 317. The molecule has 0 atom stereocenters. The third-order valence-electron chi connectivity index (χ3n) is 3.02. The van der Waals surface area contributed by atoms with Crippen molar-refractivity contribution in [2.75, 3.05) is 26.7 Å². The van der Waals surface area contributed by atoms with Crippen LogP contribution in [0.1, 0.15) is 12.5 Å². The summed E-state index contributed by atoms with van der Waals surface area (Å²) in [5.74, 6) is 0.893. The van der Waals surface area contributed by atoms with Crippen molar-refractivity contribution >= 4 is 0 Å². The van der Waals surface area contributed by atoms with E-state index in [0.29, 0.717) is 12.7 Å². The van der Waals surface area contributed by atoms with E-state index >= 15 is 0 Å². The van der Waals surface area contributed by atoms with Crippen molar-refractivity contribution < 1.29 is 9.47 Å². The summed E-state index contributed by atoms with van der Waals surface area (Å²) < 4.78 is 10.9. The average Bonchev–Trinajstić information content (AvgIpc) is 2.28. The summed E-state index contributed by atoms with van der Waals surface area (Å²) in [6.07, 6.45) is 0.419. The smallest absolute Gasteiger partial charge is 0.118 e. The fourth-order valence-electron chi connectivity index (χ4n) is 1.82. The van der Waals surface area contributed by atoms with Crippen molar-refractivity contribution in [2.45, 2.75) is 19.6 Å². The van der Waals surface area contributed by atoms with Gasteiger partial charge in [0.1, 0.15) is 5.75 Å². The van der Waals surface area contributed by atoms with Crippen molar-refractivity contribution in [1.29, 1.82) is 0 Å². The first-order valence-electron chi connectivity index (χ1n) is 5.78. The maximum atomic E-state index is 5.79. The molecule has 0 bridgehead atoms. The molecule has 0 radical (unpaired) electrons. The molecule has 1 fully saturated rings. The molecule has 0 amide bonds. The molecule has 1 heterocycles. The van der Waals surface area contributed by atoms with Gasteiger partial charge in [-0.3, -0.25) is 4.90 Å². The van der Waals surface area contributed by atoms with E-state index in [9.17, 15) is 0 Å². The van der Waals surface area contributed by atoms with Crippen molar-refractivity contribution in [1.82, 2.24) is 4.90 Å². The van der Waals surface area contributed by atoms with Gasteiger partial charge < -0.3 is 9.47 Å². The first-order valence-corrected chi connectivity index (χ1v) is 5.78. The van der Waals surface area contributed by atoms with Crippen LogP contribution in [-0.4, -0.2) is 37.7 Å². The van der Waals surface area contributed by atoms with Gasteiger partial charge in [0, 0.05) is 13.1 Å². The van der Waals surface area contributed by atoms with E-state index in [-0.39, 0.29) is 0 Å². The molecule has 88 valence electrons. The summed E-state index contributed by atoms with van der Waals surface area (Å²) in [4.78, 5) is 2.37. The van der Waals surface area contributed by atoms with Crippen LogP contribution in [0.3, 0.4) is 0 Å². The number of methoxy groups -OCH3 is 1. The van der Waals surface area contributed by atoms with Crippen molar-refractivity contribution in [3.05, 3.63) is 29.8 Å². The number of likely N-dealkylation sites (N-methyl/N-ethyl adjacent to an activating group) is 1. The van der Waals surface area contributed by atoms with Crippen molar-refractivity contribution in [3.63, 3.8) is 0 Å². The summed E-state index contributed by atoms with van der Waals surface area (Å²) in [7, 11) is 1.68. The number of hydrogen-bond acceptors (Lipinski definition) is 3. The number of hydrogen-bond donors (Lipinski definition) is 0. The van der Waals surface area contributed by atoms with Gasteiger partial charge in [-0.1, -0.05) is 19.1 Å². The zero-order valence-electron chi connectivity index (χ0n) is 9.98. The third kappa shape index (κ3) is 2.74. The monoisotopic (exact) mass is 221 g/mol. The van der Waals surface area contributed by atoms with Gasteiger partial charge in [0.15, 0.2) is 0 Å². The van der Waals surface area contributed by atoms with Crippen LogP contribution in [0.5, 0.6) is 5.75 Å². The van der Waals surface area contributed by atoms with Gasteiger partial charge in [-0.2, -0.15) is 0 Å². The van der Waals surface area contributed by atoms with Crippen molar-refractivity contribution in [3.8, 4) is 5.75 Å². The highest BCUT2D eigenvalue weighted by Gasteiger charge is 2.25. The van der Waals surface area contributed by atoms with Gasteiger partial charge in [-0.05, 0) is 24.2 Å². The Hall–Kier alpha value is -1.06. The lowest BCUT2D eigenvalue weighted by molar-refractivity contribution is -0.0603. The van der Waals surface area contributed by atoms with E-state index in [1.807, 2.05) is 12.1 Å². The molecule has 0 spiro atoms. The van der Waals surface area contributed by atoms with E-state index in [1.165, 1.54) is 5.56 Å². The molecule has 0 aliphatic carbocycles. The average molecular weight is 221 g/mol. The highest BCUT2D eigenvalue weighted by atomic mass is 16.5. The van der Waals surface area contributed by atoms with Crippen LogP contribution >= 0.6 is 0 Å². The van der Waals surface area contributed by atoms with Gasteiger partial charge in [0.25, 0.3) is 0 Å². The molecule has 0 unspecified atom stereocenters. The predicted octanol–water partition coefficient (Wildman–Crippen LogP) is 1.92. The molecular formula is C13H19NO2. The van der Waals surface area contributed by atoms with Crippen molar-refractivity contribution in [2.24, 2.45) is 0 Å².